The Hall–Kier alpha value is -0.380. The van der Waals surface area contributed by atoms with E-state index in [0.29, 0.717) is 12.0 Å². The molecule has 2 rings (SSSR count). The molecule has 0 aromatic carbocycles. The summed E-state index contributed by atoms with van der Waals surface area (Å²) in [5, 5.41) is 6.90. The number of hydrogen-bond acceptors (Lipinski definition) is 4. The van der Waals surface area contributed by atoms with Gasteiger partial charge in [0, 0.05) is 42.5 Å². The molecule has 1 unspecified atom stereocenters. The summed E-state index contributed by atoms with van der Waals surface area (Å²) >= 11 is 1.89. The number of aliphatic imine (C=N–C) groups is 1. The highest BCUT2D eigenvalue weighted by Crippen LogP contribution is 2.27. The van der Waals surface area contributed by atoms with Gasteiger partial charge in [0.2, 0.25) is 0 Å². The fourth-order valence-corrected chi connectivity index (χ4v) is 3.75. The van der Waals surface area contributed by atoms with Gasteiger partial charge < -0.3 is 15.4 Å². The van der Waals surface area contributed by atoms with Gasteiger partial charge in [0.05, 0.1) is 19.3 Å². The third kappa shape index (κ3) is 7.80. The Morgan fingerprint density at radius 1 is 1.28 bits per heavy atom. The second kappa shape index (κ2) is 12.1. The summed E-state index contributed by atoms with van der Waals surface area (Å²) in [6.07, 6.45) is 0. The molecule has 7 heteroatoms. The third-order valence-corrected chi connectivity index (χ3v) is 5.10. The van der Waals surface area contributed by atoms with Gasteiger partial charge >= 0.3 is 0 Å². The molecule has 0 aliphatic carbocycles. The molecule has 2 N–H and O–H groups in total. The maximum absolute atomic E-state index is 5.53. The highest BCUT2D eigenvalue weighted by Gasteiger charge is 2.24. The Labute approximate surface area is 173 Å². The molecule has 1 aliphatic rings. The summed E-state index contributed by atoms with van der Waals surface area (Å²) in [5.41, 5.74) is 0. The normalized spacial score (nSPS) is 17.2. The minimum absolute atomic E-state index is 0. The lowest BCUT2D eigenvalue weighted by Gasteiger charge is -2.34. The zero-order valence-electron chi connectivity index (χ0n) is 15.9. The van der Waals surface area contributed by atoms with Crippen molar-refractivity contribution in [2.24, 2.45) is 10.9 Å². The highest BCUT2D eigenvalue weighted by atomic mass is 127. The van der Waals surface area contributed by atoms with Crippen LogP contribution in [0.5, 0.6) is 0 Å². The van der Waals surface area contributed by atoms with E-state index in [1.54, 1.807) is 0 Å². The lowest BCUT2D eigenvalue weighted by Crippen LogP contribution is -2.46. The zero-order valence-corrected chi connectivity index (χ0v) is 19.0. The first-order valence-corrected chi connectivity index (χ1v) is 9.82. The summed E-state index contributed by atoms with van der Waals surface area (Å²) in [7, 11) is 0. The van der Waals surface area contributed by atoms with Gasteiger partial charge in [-0.3, -0.25) is 9.89 Å². The first-order chi connectivity index (χ1) is 11.6. The zero-order chi connectivity index (χ0) is 17.4. The van der Waals surface area contributed by atoms with E-state index in [1.807, 2.05) is 11.3 Å². The van der Waals surface area contributed by atoms with Crippen LogP contribution >= 0.6 is 35.3 Å². The maximum Gasteiger partial charge on any atom is 0.191 e. The number of nitrogens with zero attached hydrogens (tertiary/aromatic N) is 2. The van der Waals surface area contributed by atoms with Gasteiger partial charge in [0.15, 0.2) is 5.96 Å². The summed E-state index contributed by atoms with van der Waals surface area (Å²) < 4.78 is 5.53. The van der Waals surface area contributed by atoms with Crippen molar-refractivity contribution in [2.45, 2.75) is 33.7 Å². The van der Waals surface area contributed by atoms with Crippen molar-refractivity contribution in [3.63, 3.8) is 0 Å². The number of guanidine groups is 1. The number of morpholine rings is 1. The van der Waals surface area contributed by atoms with Gasteiger partial charge in [-0.2, -0.15) is 0 Å². The van der Waals surface area contributed by atoms with Crippen molar-refractivity contribution >= 4 is 41.3 Å². The van der Waals surface area contributed by atoms with Crippen molar-refractivity contribution in [1.29, 1.82) is 0 Å². The first-order valence-electron chi connectivity index (χ1n) is 9.00. The molecule has 5 nitrogen and oxygen atoms in total. The van der Waals surface area contributed by atoms with Crippen LogP contribution < -0.4 is 10.6 Å². The molecular formula is C18H33IN4OS. The van der Waals surface area contributed by atoms with Gasteiger partial charge in [-0.1, -0.05) is 13.8 Å². The van der Waals surface area contributed by atoms with Crippen molar-refractivity contribution in [1.82, 2.24) is 15.5 Å². The quantitative estimate of drug-likeness (QED) is 0.358. The van der Waals surface area contributed by atoms with E-state index < -0.39 is 0 Å². The minimum Gasteiger partial charge on any atom is -0.379 e. The summed E-state index contributed by atoms with van der Waals surface area (Å²) in [4.78, 5) is 9.99. The average molecular weight is 480 g/mol. The van der Waals surface area contributed by atoms with Crippen molar-refractivity contribution < 1.29 is 4.74 Å². The molecule has 25 heavy (non-hydrogen) atoms. The van der Waals surface area contributed by atoms with E-state index in [0.717, 1.165) is 51.9 Å². The summed E-state index contributed by atoms with van der Waals surface area (Å²) in [5.74, 6) is 1.48. The largest absolute Gasteiger partial charge is 0.379 e. The molecule has 1 aliphatic heterocycles. The van der Waals surface area contributed by atoms with E-state index in [1.165, 1.54) is 9.75 Å². The minimum atomic E-state index is 0. The predicted molar refractivity (Wildman–Crippen MR) is 118 cm³/mol. The van der Waals surface area contributed by atoms with Crippen molar-refractivity contribution in [2.75, 3.05) is 45.9 Å². The van der Waals surface area contributed by atoms with Gasteiger partial charge in [-0.15, -0.1) is 35.3 Å². The Morgan fingerprint density at radius 2 is 2.00 bits per heavy atom. The summed E-state index contributed by atoms with van der Waals surface area (Å²) in [6.45, 7) is 14.9. The molecule has 1 aromatic rings. The second-order valence-corrected chi connectivity index (χ2v) is 7.93. The van der Waals surface area contributed by atoms with Gasteiger partial charge in [-0.05, 0) is 31.9 Å². The smallest absolute Gasteiger partial charge is 0.191 e. The second-order valence-electron chi connectivity index (χ2n) is 6.61. The Morgan fingerprint density at radius 3 is 2.56 bits per heavy atom. The van der Waals surface area contributed by atoms with E-state index in [9.17, 15) is 0 Å². The topological polar surface area (TPSA) is 48.9 Å². The molecule has 1 atom stereocenters. The molecule has 1 saturated heterocycles. The molecule has 1 aromatic heterocycles. The standard InChI is InChI=1S/C18H32N4OS.HI/c1-5-19-18(20-12-14(2)3)21-13-16(17-7-6-15(4)24-17)22-8-10-23-11-9-22;/h6-7,14,16H,5,8-13H2,1-4H3,(H2,19,20,21);1H. The molecule has 0 radical (unpaired) electrons. The van der Waals surface area contributed by atoms with Crippen molar-refractivity contribution in [3.05, 3.63) is 21.9 Å². The Bertz CT molecular complexity index is 515. The lowest BCUT2D eigenvalue weighted by atomic mass is 10.2. The van der Waals surface area contributed by atoms with Crippen molar-refractivity contribution in [3.8, 4) is 0 Å². The van der Waals surface area contributed by atoms with Crippen LogP contribution in [0, 0.1) is 12.8 Å². The molecule has 0 amide bonds. The van der Waals surface area contributed by atoms with Gasteiger partial charge in [0.1, 0.15) is 0 Å². The monoisotopic (exact) mass is 480 g/mol. The van der Waals surface area contributed by atoms with Crippen LogP contribution in [0.15, 0.2) is 17.1 Å². The Balaban J connectivity index is 0.00000312. The fourth-order valence-electron chi connectivity index (χ4n) is 2.74. The molecule has 1 fully saturated rings. The van der Waals surface area contributed by atoms with Gasteiger partial charge in [0.25, 0.3) is 0 Å². The van der Waals surface area contributed by atoms with Crippen LogP contribution in [0.1, 0.15) is 36.6 Å². The number of halogens is 1. The number of hydrogen-bond donors (Lipinski definition) is 2. The van der Waals surface area contributed by atoms with Crippen LogP contribution in [0.4, 0.5) is 0 Å². The predicted octanol–water partition coefficient (Wildman–Crippen LogP) is 3.26. The molecule has 144 valence electrons. The van der Waals surface area contributed by atoms with Crippen LogP contribution in [-0.4, -0.2) is 56.8 Å². The number of nitrogens with one attached hydrogen (secondary N) is 2. The average Bonchev–Trinajstić information content (AvgIpc) is 3.00. The number of ether oxygens (including phenoxy) is 1. The van der Waals surface area contributed by atoms with E-state index in [2.05, 4.69) is 60.4 Å². The van der Waals surface area contributed by atoms with Crippen LogP contribution in [-0.2, 0) is 4.74 Å². The summed E-state index contributed by atoms with van der Waals surface area (Å²) in [6, 6.07) is 4.85. The SMILES string of the molecule is CCNC(=NCC(C)C)NCC(c1ccc(C)s1)N1CCOCC1.I. The first kappa shape index (κ1) is 22.7. The van der Waals surface area contributed by atoms with E-state index in [-0.39, 0.29) is 24.0 Å². The molecule has 2 heterocycles. The maximum atomic E-state index is 5.53. The van der Waals surface area contributed by atoms with Crippen LogP contribution in [0.2, 0.25) is 0 Å². The molecule has 0 bridgehead atoms. The molecule has 0 saturated carbocycles. The lowest BCUT2D eigenvalue weighted by molar-refractivity contribution is 0.0177. The number of aryl methyl sites for hydroxylation is 1. The van der Waals surface area contributed by atoms with E-state index >= 15 is 0 Å². The molecular weight excluding hydrogens is 447 g/mol. The molecule has 0 spiro atoms. The Kier molecular flexibility index (Phi) is 11.0. The van der Waals surface area contributed by atoms with Crippen LogP contribution in [0.25, 0.3) is 0 Å². The highest BCUT2D eigenvalue weighted by molar-refractivity contribution is 14.0. The van der Waals surface area contributed by atoms with Crippen LogP contribution in [0.3, 0.4) is 0 Å². The number of rotatable bonds is 7. The fraction of sp³-hybridized carbons (Fsp3) is 0.722. The third-order valence-electron chi connectivity index (χ3n) is 4.00. The van der Waals surface area contributed by atoms with E-state index in [4.69, 9.17) is 4.74 Å². The number of thiophene rings is 1. The van der Waals surface area contributed by atoms with Gasteiger partial charge in [-0.25, -0.2) is 0 Å².